The smallest absolute Gasteiger partial charge is 0.384 e. The average molecular weight is 350 g/mol. The van der Waals surface area contributed by atoms with Gasteiger partial charge in [0.2, 0.25) is 0 Å². The van der Waals surface area contributed by atoms with E-state index in [-0.39, 0.29) is 18.7 Å². The van der Waals surface area contributed by atoms with Crippen LogP contribution < -0.4 is 10.6 Å². The van der Waals surface area contributed by atoms with Crippen molar-refractivity contribution in [3.63, 3.8) is 0 Å². The number of amidine groups is 1. The van der Waals surface area contributed by atoms with Crippen molar-refractivity contribution in [2.24, 2.45) is 11.7 Å². The van der Waals surface area contributed by atoms with E-state index >= 15 is 0 Å². The van der Waals surface area contributed by atoms with Crippen LogP contribution in [-0.4, -0.2) is 25.1 Å². The number of halogens is 4. The van der Waals surface area contributed by atoms with Gasteiger partial charge in [-0.15, -0.1) is 0 Å². The molecule has 0 atom stereocenters. The lowest BCUT2D eigenvalue weighted by Crippen LogP contribution is -2.39. The fourth-order valence-electron chi connectivity index (χ4n) is 2.44. The molecule has 110 valence electrons. The molecule has 1 aromatic carbocycles. The van der Waals surface area contributed by atoms with E-state index in [0.717, 1.165) is 4.47 Å². The monoisotopic (exact) mass is 349 g/mol. The molecule has 0 amide bonds. The first-order chi connectivity index (χ1) is 9.29. The summed E-state index contributed by atoms with van der Waals surface area (Å²) >= 11 is 3.34. The van der Waals surface area contributed by atoms with Gasteiger partial charge in [-0.3, -0.25) is 5.41 Å². The van der Waals surface area contributed by atoms with Crippen molar-refractivity contribution in [3.8, 4) is 0 Å². The summed E-state index contributed by atoms with van der Waals surface area (Å²) in [6.45, 7) is 0.641. The van der Waals surface area contributed by atoms with Gasteiger partial charge < -0.3 is 10.6 Å². The normalized spacial score (nSPS) is 17.3. The van der Waals surface area contributed by atoms with Gasteiger partial charge >= 0.3 is 6.18 Å². The van der Waals surface area contributed by atoms with Crippen molar-refractivity contribution in [1.29, 1.82) is 5.41 Å². The van der Waals surface area contributed by atoms with Gasteiger partial charge in [-0.1, -0.05) is 15.9 Å². The van der Waals surface area contributed by atoms with E-state index in [1.165, 1.54) is 0 Å². The second kappa shape index (κ2) is 5.63. The molecule has 0 aliphatic carbocycles. The number of hydrogen-bond acceptors (Lipinski definition) is 2. The van der Waals surface area contributed by atoms with Crippen LogP contribution in [0.3, 0.4) is 0 Å². The standard InChI is InChI=1S/C13H15BrF3N3/c14-9-1-2-10(12(18)19)11(7-9)20-5-3-8(4-6-20)13(15,16)17/h1-2,7-8H,3-6H2,(H3,18,19). The maximum atomic E-state index is 12.7. The largest absolute Gasteiger partial charge is 0.391 e. The Bertz CT molecular complexity index is 508. The van der Waals surface area contributed by atoms with Crippen LogP contribution in [-0.2, 0) is 0 Å². The lowest BCUT2D eigenvalue weighted by Gasteiger charge is -2.35. The Hall–Kier alpha value is -1.24. The van der Waals surface area contributed by atoms with Crippen molar-refractivity contribution in [3.05, 3.63) is 28.2 Å². The Labute approximate surface area is 123 Å². The summed E-state index contributed by atoms with van der Waals surface area (Å²) in [5.41, 5.74) is 6.80. The van der Waals surface area contributed by atoms with E-state index in [9.17, 15) is 13.2 Å². The summed E-state index contributed by atoms with van der Waals surface area (Å²) in [7, 11) is 0. The minimum absolute atomic E-state index is 0.0767. The molecule has 0 spiro atoms. The van der Waals surface area contributed by atoms with Gasteiger partial charge in [0.15, 0.2) is 0 Å². The second-order valence-corrected chi connectivity index (χ2v) is 5.79. The molecule has 0 aromatic heterocycles. The predicted molar refractivity (Wildman–Crippen MR) is 76.2 cm³/mol. The number of piperidine rings is 1. The van der Waals surface area contributed by atoms with E-state index in [1.54, 1.807) is 18.2 Å². The van der Waals surface area contributed by atoms with E-state index < -0.39 is 12.1 Å². The minimum atomic E-state index is -4.12. The van der Waals surface area contributed by atoms with Gasteiger partial charge in [0.1, 0.15) is 5.84 Å². The maximum absolute atomic E-state index is 12.7. The molecule has 0 saturated carbocycles. The van der Waals surface area contributed by atoms with Crippen LogP contribution in [0.5, 0.6) is 0 Å². The van der Waals surface area contributed by atoms with E-state index in [1.807, 2.05) is 4.90 Å². The highest BCUT2D eigenvalue weighted by atomic mass is 79.9. The third-order valence-electron chi connectivity index (χ3n) is 3.55. The molecule has 7 heteroatoms. The fourth-order valence-corrected chi connectivity index (χ4v) is 2.79. The van der Waals surface area contributed by atoms with Gasteiger partial charge in [0.25, 0.3) is 0 Å². The zero-order chi connectivity index (χ0) is 14.9. The van der Waals surface area contributed by atoms with Gasteiger partial charge in [-0.05, 0) is 31.0 Å². The Balaban J connectivity index is 2.18. The fraction of sp³-hybridized carbons (Fsp3) is 0.462. The number of nitrogens with two attached hydrogens (primary N) is 1. The van der Waals surface area contributed by atoms with Crippen LogP contribution in [0.2, 0.25) is 0 Å². The van der Waals surface area contributed by atoms with Gasteiger partial charge in [-0.2, -0.15) is 13.2 Å². The van der Waals surface area contributed by atoms with Gasteiger partial charge in [0.05, 0.1) is 5.92 Å². The zero-order valence-electron chi connectivity index (χ0n) is 10.7. The first-order valence-electron chi connectivity index (χ1n) is 6.24. The molecule has 2 rings (SSSR count). The summed E-state index contributed by atoms with van der Waals surface area (Å²) in [4.78, 5) is 1.86. The van der Waals surface area contributed by atoms with Crippen LogP contribution in [0.15, 0.2) is 22.7 Å². The lowest BCUT2D eigenvalue weighted by atomic mass is 9.95. The Morgan fingerprint density at radius 1 is 1.30 bits per heavy atom. The highest BCUT2D eigenvalue weighted by molar-refractivity contribution is 9.10. The molecule has 1 fully saturated rings. The summed E-state index contributed by atoms with van der Waals surface area (Å²) in [5, 5.41) is 7.56. The molecule has 3 nitrogen and oxygen atoms in total. The SMILES string of the molecule is N=C(N)c1ccc(Br)cc1N1CCC(C(F)(F)F)CC1. The average Bonchev–Trinajstić information content (AvgIpc) is 2.37. The minimum Gasteiger partial charge on any atom is -0.384 e. The van der Waals surface area contributed by atoms with Crippen molar-refractivity contribution >= 4 is 27.5 Å². The van der Waals surface area contributed by atoms with Crippen LogP contribution in [0.4, 0.5) is 18.9 Å². The Morgan fingerprint density at radius 3 is 2.40 bits per heavy atom. The molecule has 0 unspecified atom stereocenters. The number of alkyl halides is 3. The highest BCUT2D eigenvalue weighted by Crippen LogP contribution is 2.36. The molecule has 20 heavy (non-hydrogen) atoms. The van der Waals surface area contributed by atoms with Crippen molar-refractivity contribution in [2.75, 3.05) is 18.0 Å². The third kappa shape index (κ3) is 3.26. The van der Waals surface area contributed by atoms with Crippen molar-refractivity contribution in [2.45, 2.75) is 19.0 Å². The molecule has 1 aromatic rings. The molecular weight excluding hydrogens is 335 g/mol. The van der Waals surface area contributed by atoms with E-state index in [4.69, 9.17) is 11.1 Å². The first-order valence-corrected chi connectivity index (χ1v) is 7.04. The number of anilines is 1. The number of hydrogen-bond donors (Lipinski definition) is 2. The van der Waals surface area contributed by atoms with Crippen LogP contribution in [0, 0.1) is 11.3 Å². The summed E-state index contributed by atoms with van der Waals surface area (Å²) in [6.07, 6.45) is -3.96. The number of nitrogens with zero attached hydrogens (tertiary/aromatic N) is 1. The summed E-state index contributed by atoms with van der Waals surface area (Å²) in [5.74, 6) is -1.31. The summed E-state index contributed by atoms with van der Waals surface area (Å²) in [6, 6.07) is 5.27. The molecular formula is C13H15BrF3N3. The van der Waals surface area contributed by atoms with Crippen molar-refractivity contribution < 1.29 is 13.2 Å². The van der Waals surface area contributed by atoms with Crippen molar-refractivity contribution in [1.82, 2.24) is 0 Å². The molecule has 3 N–H and O–H groups in total. The maximum Gasteiger partial charge on any atom is 0.391 e. The molecule has 1 saturated heterocycles. The number of nitrogens with one attached hydrogen (secondary N) is 1. The molecule has 1 aliphatic heterocycles. The highest BCUT2D eigenvalue weighted by Gasteiger charge is 2.41. The number of benzene rings is 1. The van der Waals surface area contributed by atoms with Crippen LogP contribution in [0.1, 0.15) is 18.4 Å². The van der Waals surface area contributed by atoms with Gasteiger partial charge in [0, 0.05) is 28.8 Å². The number of rotatable bonds is 2. The molecule has 0 radical (unpaired) electrons. The van der Waals surface area contributed by atoms with Crippen LogP contribution in [0.25, 0.3) is 0 Å². The van der Waals surface area contributed by atoms with E-state index in [2.05, 4.69) is 15.9 Å². The molecule has 1 heterocycles. The zero-order valence-corrected chi connectivity index (χ0v) is 12.3. The quantitative estimate of drug-likeness (QED) is 0.634. The Kier molecular flexibility index (Phi) is 4.27. The summed E-state index contributed by atoms with van der Waals surface area (Å²) < 4.78 is 38.8. The predicted octanol–water partition coefficient (Wildman–Crippen LogP) is 3.51. The van der Waals surface area contributed by atoms with E-state index in [0.29, 0.717) is 24.3 Å². The van der Waals surface area contributed by atoms with Gasteiger partial charge in [-0.25, -0.2) is 0 Å². The Morgan fingerprint density at radius 2 is 1.90 bits per heavy atom. The second-order valence-electron chi connectivity index (χ2n) is 4.88. The number of nitrogen functional groups attached to an aromatic ring is 1. The third-order valence-corrected chi connectivity index (χ3v) is 4.04. The molecule has 0 bridgehead atoms. The first kappa shape index (κ1) is 15.2. The van der Waals surface area contributed by atoms with Crippen LogP contribution >= 0.6 is 15.9 Å². The molecule has 1 aliphatic rings. The lowest BCUT2D eigenvalue weighted by molar-refractivity contribution is -0.179. The topological polar surface area (TPSA) is 53.1 Å².